The Hall–Kier alpha value is -3.45. The summed E-state index contributed by atoms with van der Waals surface area (Å²) in [5.74, 6) is -1.58. The van der Waals surface area contributed by atoms with Crippen LogP contribution in [-0.4, -0.2) is 69.5 Å². The van der Waals surface area contributed by atoms with E-state index in [1.165, 1.54) is 12.3 Å². The van der Waals surface area contributed by atoms with Crippen LogP contribution in [0, 0.1) is 28.6 Å². The summed E-state index contributed by atoms with van der Waals surface area (Å²) < 4.78 is 11.1. The van der Waals surface area contributed by atoms with Crippen molar-refractivity contribution in [3.8, 4) is 0 Å². The minimum Gasteiger partial charge on any atom is -0.480 e. The molecular weight excluding hydrogens is 644 g/mol. The maximum atomic E-state index is 12.8. The van der Waals surface area contributed by atoms with Gasteiger partial charge >= 0.3 is 17.6 Å². The first-order chi connectivity index (χ1) is 23.7. The number of nitrogens with two attached hydrogens (primary N) is 2. The minimum absolute atomic E-state index is 0.00626. The maximum absolute atomic E-state index is 12.8. The molecule has 1 aromatic heterocycles. The summed E-state index contributed by atoms with van der Waals surface area (Å²) in [5.41, 5.74) is 9.42. The molecule has 278 valence electrons. The number of nitrogens with one attached hydrogen (secondary N) is 1. The third kappa shape index (κ3) is 7.73. The van der Waals surface area contributed by atoms with Crippen LogP contribution in [0.1, 0.15) is 122 Å². The Morgan fingerprint density at radius 1 is 1.06 bits per heavy atom. The number of ether oxygens (including phenoxy) is 1. The van der Waals surface area contributed by atoms with E-state index in [4.69, 9.17) is 20.6 Å². The van der Waals surface area contributed by atoms with Crippen molar-refractivity contribution in [1.29, 1.82) is 0 Å². The number of rotatable bonds is 14. The van der Waals surface area contributed by atoms with Crippen molar-refractivity contribution in [2.75, 3.05) is 6.54 Å². The topological polar surface area (TPSA) is 228 Å². The van der Waals surface area contributed by atoms with Crippen LogP contribution in [0.4, 0.5) is 0 Å². The molecule has 0 bridgehead atoms. The van der Waals surface area contributed by atoms with Gasteiger partial charge in [-0.25, -0.2) is 9.59 Å². The second-order valence-corrected chi connectivity index (χ2v) is 15.9. The Bertz CT molecular complexity index is 1460. The van der Waals surface area contributed by atoms with Crippen LogP contribution in [0.3, 0.4) is 0 Å². The van der Waals surface area contributed by atoms with Gasteiger partial charge in [-0.3, -0.25) is 14.6 Å². The number of carbonyl (C=O) groups is 3. The SMILES string of the molecule is C[C@]12CC[C@H](OC(=O)CCCCCC(=O)N[C@@H](CCCN=C(N)N)C(=O)O)C[C@H]1CC[C@@H]1[C@@H]2[C@H](O)C[C@]2(C)[C@@H](c3ccc(=O)oc3)CC[C@]12O. The fourth-order valence-corrected chi connectivity index (χ4v) is 10.5. The molecule has 0 radical (unpaired) electrons. The number of amides is 1. The van der Waals surface area contributed by atoms with E-state index in [0.717, 1.165) is 37.7 Å². The normalized spacial score (nSPS) is 35.1. The zero-order valence-corrected chi connectivity index (χ0v) is 29.5. The number of guanidine groups is 1. The molecule has 13 nitrogen and oxygen atoms in total. The smallest absolute Gasteiger partial charge is 0.335 e. The molecule has 4 saturated carbocycles. The highest BCUT2D eigenvalue weighted by Crippen LogP contribution is 2.70. The molecule has 8 N–H and O–H groups in total. The van der Waals surface area contributed by atoms with Crippen LogP contribution >= 0.6 is 0 Å². The highest BCUT2D eigenvalue weighted by atomic mass is 16.5. The summed E-state index contributed by atoms with van der Waals surface area (Å²) in [6.07, 6.45) is 9.47. The average Bonchev–Trinajstić information content (AvgIpc) is 3.32. The van der Waals surface area contributed by atoms with E-state index >= 15 is 0 Å². The van der Waals surface area contributed by atoms with Gasteiger partial charge in [0.25, 0.3) is 0 Å². The quantitative estimate of drug-likeness (QED) is 0.0714. The van der Waals surface area contributed by atoms with Crippen molar-refractivity contribution < 1.29 is 38.9 Å². The first-order valence-corrected chi connectivity index (χ1v) is 18.4. The molecule has 0 saturated heterocycles. The summed E-state index contributed by atoms with van der Waals surface area (Å²) in [6.45, 7) is 4.65. The van der Waals surface area contributed by atoms with E-state index in [1.54, 1.807) is 6.07 Å². The number of carboxylic acid groups (broad SMARTS) is 1. The Morgan fingerprint density at radius 3 is 2.52 bits per heavy atom. The average molecular weight is 701 g/mol. The number of aliphatic hydroxyl groups excluding tert-OH is 1. The lowest BCUT2D eigenvalue weighted by atomic mass is 9.42. The monoisotopic (exact) mass is 700 g/mol. The lowest BCUT2D eigenvalue weighted by Gasteiger charge is -2.65. The standard InChI is InChI=1S/C37H56N4O9/c1-35-16-14-24(50-31(45)9-5-3-4-8-29(43)41-27(33(46)47)7-6-18-40-34(38)39)19-23(35)11-12-26-32(35)28(42)20-36(2)25(15-17-37(26,36)48)22-10-13-30(44)49-21-22/h10,13,21,23-28,32,42,48H,3-9,11-12,14-20H2,1-2H3,(H,41,43)(H,46,47)(H4,38,39,40)/t23-,24+,25-,26-,27+,28-,32-,35+,36-,37+/m1/s1. The minimum atomic E-state index is -1.11. The van der Waals surface area contributed by atoms with Crippen molar-refractivity contribution >= 4 is 23.8 Å². The highest BCUT2D eigenvalue weighted by Gasteiger charge is 2.69. The number of carbonyl (C=O) groups excluding carboxylic acids is 2. The molecule has 0 unspecified atom stereocenters. The Kier molecular flexibility index (Phi) is 11.7. The van der Waals surface area contributed by atoms with Crippen LogP contribution in [0.25, 0.3) is 0 Å². The van der Waals surface area contributed by atoms with E-state index in [1.807, 2.05) is 0 Å². The molecule has 1 amide bonds. The molecule has 10 atom stereocenters. The third-order valence-corrected chi connectivity index (χ3v) is 13.0. The molecule has 5 rings (SSSR count). The van der Waals surface area contributed by atoms with Gasteiger partial charge in [-0.1, -0.05) is 20.3 Å². The van der Waals surface area contributed by atoms with E-state index in [2.05, 4.69) is 24.2 Å². The van der Waals surface area contributed by atoms with Gasteiger partial charge in [0.15, 0.2) is 5.96 Å². The number of fused-ring (bicyclic) bond motifs is 5. The number of nitrogens with zero attached hydrogens (tertiary/aromatic N) is 1. The van der Waals surface area contributed by atoms with Crippen LogP contribution in [0.15, 0.2) is 32.6 Å². The molecule has 50 heavy (non-hydrogen) atoms. The van der Waals surface area contributed by atoms with Gasteiger partial charge in [-0.05, 0) is 118 Å². The van der Waals surface area contributed by atoms with Gasteiger partial charge in [0, 0.05) is 30.9 Å². The second kappa shape index (κ2) is 15.4. The van der Waals surface area contributed by atoms with Crippen LogP contribution in [-0.2, 0) is 19.1 Å². The summed E-state index contributed by atoms with van der Waals surface area (Å²) in [7, 11) is 0. The Balaban J connectivity index is 1.07. The fraction of sp³-hybridized carbons (Fsp3) is 0.757. The predicted octanol–water partition coefficient (Wildman–Crippen LogP) is 3.34. The summed E-state index contributed by atoms with van der Waals surface area (Å²) in [6, 6.07) is 2.22. The summed E-state index contributed by atoms with van der Waals surface area (Å²) >= 11 is 0. The molecule has 4 aliphatic carbocycles. The second-order valence-electron chi connectivity index (χ2n) is 15.9. The zero-order chi connectivity index (χ0) is 36.3. The van der Waals surface area contributed by atoms with Crippen molar-refractivity contribution in [2.45, 2.75) is 140 Å². The molecule has 4 aliphatic rings. The van der Waals surface area contributed by atoms with Crippen molar-refractivity contribution in [1.82, 2.24) is 5.32 Å². The van der Waals surface area contributed by atoms with Crippen LogP contribution in [0.5, 0.6) is 0 Å². The Labute approximate surface area is 293 Å². The number of hydrogen-bond donors (Lipinski definition) is 6. The molecular formula is C37H56N4O9. The number of hydrogen-bond acceptors (Lipinski definition) is 9. The van der Waals surface area contributed by atoms with Crippen molar-refractivity contribution in [2.24, 2.45) is 45.0 Å². The number of esters is 1. The van der Waals surface area contributed by atoms with Gasteiger partial charge in [0.2, 0.25) is 5.91 Å². The fourth-order valence-electron chi connectivity index (χ4n) is 10.5. The predicted molar refractivity (Wildman–Crippen MR) is 185 cm³/mol. The molecule has 13 heteroatoms. The number of aliphatic hydroxyl groups is 2. The van der Waals surface area contributed by atoms with Gasteiger partial charge < -0.3 is 41.3 Å². The molecule has 0 aliphatic heterocycles. The van der Waals surface area contributed by atoms with Crippen molar-refractivity contribution in [3.05, 3.63) is 34.4 Å². The molecule has 4 fully saturated rings. The lowest BCUT2D eigenvalue weighted by molar-refractivity contribution is -0.240. The van der Waals surface area contributed by atoms with Crippen LogP contribution < -0.4 is 22.4 Å². The van der Waals surface area contributed by atoms with E-state index in [9.17, 15) is 34.5 Å². The van der Waals surface area contributed by atoms with Gasteiger partial charge in [0.05, 0.1) is 18.0 Å². The van der Waals surface area contributed by atoms with Gasteiger partial charge in [-0.2, -0.15) is 0 Å². The number of unbranched alkanes of at least 4 members (excludes halogenated alkanes) is 2. The summed E-state index contributed by atoms with van der Waals surface area (Å²) in [4.78, 5) is 52.0. The molecule has 0 aromatic carbocycles. The lowest BCUT2D eigenvalue weighted by Crippen LogP contribution is -2.66. The largest absolute Gasteiger partial charge is 0.480 e. The zero-order valence-electron chi connectivity index (χ0n) is 29.5. The van der Waals surface area contributed by atoms with Crippen molar-refractivity contribution in [3.63, 3.8) is 0 Å². The number of aliphatic imine (C=N–C) groups is 1. The highest BCUT2D eigenvalue weighted by molar-refractivity contribution is 5.83. The first-order valence-electron chi connectivity index (χ1n) is 18.4. The maximum Gasteiger partial charge on any atom is 0.335 e. The summed E-state index contributed by atoms with van der Waals surface area (Å²) in [5, 5.41) is 36.3. The molecule has 1 aromatic rings. The van der Waals surface area contributed by atoms with Crippen LogP contribution in [0.2, 0.25) is 0 Å². The van der Waals surface area contributed by atoms with Gasteiger partial charge in [0.1, 0.15) is 12.1 Å². The van der Waals surface area contributed by atoms with E-state index < -0.39 is 34.8 Å². The van der Waals surface area contributed by atoms with E-state index in [0.29, 0.717) is 44.9 Å². The molecule has 0 spiro atoms. The number of carboxylic acids is 1. The number of aliphatic carboxylic acids is 1. The third-order valence-electron chi connectivity index (χ3n) is 13.0. The Morgan fingerprint density at radius 2 is 1.82 bits per heavy atom. The first kappa shape index (κ1) is 37.8. The van der Waals surface area contributed by atoms with Gasteiger partial charge in [-0.15, -0.1) is 0 Å². The van der Waals surface area contributed by atoms with E-state index in [-0.39, 0.29) is 78.8 Å². The molecule has 1 heterocycles.